The third kappa shape index (κ3) is 3.79. The Bertz CT molecular complexity index is 561. The van der Waals surface area contributed by atoms with Gasteiger partial charge in [0, 0.05) is 42.9 Å². The molecule has 23 heavy (non-hydrogen) atoms. The van der Waals surface area contributed by atoms with Crippen LogP contribution in [0.1, 0.15) is 19.3 Å². The number of nitrogens with zero attached hydrogens (tertiary/aromatic N) is 2. The molecule has 0 amide bonds. The van der Waals surface area contributed by atoms with Gasteiger partial charge in [0.05, 0.1) is 12.0 Å². The van der Waals surface area contributed by atoms with Crippen molar-refractivity contribution in [1.82, 2.24) is 4.90 Å². The Morgan fingerprint density at radius 1 is 1.17 bits per heavy atom. The first kappa shape index (κ1) is 16.6. The van der Waals surface area contributed by atoms with Crippen LogP contribution in [0.2, 0.25) is 5.02 Å². The number of hydrogen-bond acceptors (Lipinski definition) is 4. The van der Waals surface area contributed by atoms with Crippen molar-refractivity contribution in [1.29, 1.82) is 0 Å². The molecule has 6 heteroatoms. The van der Waals surface area contributed by atoms with E-state index in [1.54, 1.807) is 0 Å². The van der Waals surface area contributed by atoms with Gasteiger partial charge in [-0.2, -0.15) is 0 Å². The summed E-state index contributed by atoms with van der Waals surface area (Å²) in [4.78, 5) is 15.8. The van der Waals surface area contributed by atoms with Gasteiger partial charge in [-0.25, -0.2) is 0 Å². The quantitative estimate of drug-likeness (QED) is 0.883. The van der Waals surface area contributed by atoms with Crippen LogP contribution in [0.3, 0.4) is 0 Å². The van der Waals surface area contributed by atoms with E-state index in [1.165, 1.54) is 0 Å². The SMILES string of the molecule is O=C(O)[C@H]1CN(C2CCN(c3cccc(Cl)c3)CC2)CC[C@@H]1O. The number of aliphatic hydroxyl groups excluding tert-OH is 1. The summed E-state index contributed by atoms with van der Waals surface area (Å²) in [5.74, 6) is -1.55. The zero-order valence-corrected chi connectivity index (χ0v) is 13.8. The second-order valence-corrected chi connectivity index (χ2v) is 6.93. The number of anilines is 1. The summed E-state index contributed by atoms with van der Waals surface area (Å²) >= 11 is 6.06. The number of aliphatic hydroxyl groups is 1. The minimum atomic E-state index is -0.890. The number of piperidine rings is 2. The molecular formula is C17H23ClN2O3. The molecule has 0 radical (unpaired) electrons. The lowest BCUT2D eigenvalue weighted by Gasteiger charge is -2.43. The van der Waals surface area contributed by atoms with E-state index in [-0.39, 0.29) is 0 Å². The van der Waals surface area contributed by atoms with E-state index >= 15 is 0 Å². The van der Waals surface area contributed by atoms with Crippen LogP contribution in [-0.2, 0) is 4.79 Å². The van der Waals surface area contributed by atoms with Crippen LogP contribution in [-0.4, -0.2) is 59.4 Å². The molecule has 2 heterocycles. The Labute approximate surface area is 141 Å². The highest BCUT2D eigenvalue weighted by molar-refractivity contribution is 6.30. The van der Waals surface area contributed by atoms with Gasteiger partial charge < -0.3 is 15.1 Å². The van der Waals surface area contributed by atoms with E-state index < -0.39 is 18.0 Å². The van der Waals surface area contributed by atoms with E-state index in [0.717, 1.165) is 43.2 Å². The average Bonchev–Trinajstić information content (AvgIpc) is 2.55. The highest BCUT2D eigenvalue weighted by atomic mass is 35.5. The second kappa shape index (κ2) is 7.07. The highest BCUT2D eigenvalue weighted by Gasteiger charge is 2.36. The third-order valence-electron chi connectivity index (χ3n) is 5.08. The lowest BCUT2D eigenvalue weighted by atomic mass is 9.91. The molecule has 0 aromatic heterocycles. The van der Waals surface area contributed by atoms with Crippen LogP contribution in [0.25, 0.3) is 0 Å². The predicted octanol–water partition coefficient (Wildman–Crippen LogP) is 2.08. The maximum Gasteiger partial charge on any atom is 0.310 e. The van der Waals surface area contributed by atoms with E-state index in [1.807, 2.05) is 18.2 Å². The van der Waals surface area contributed by atoms with Gasteiger partial charge in [-0.05, 0) is 37.5 Å². The minimum absolute atomic E-state index is 0.403. The Balaban J connectivity index is 1.57. The lowest BCUT2D eigenvalue weighted by Crippen LogP contribution is -2.53. The van der Waals surface area contributed by atoms with Crippen molar-refractivity contribution in [3.05, 3.63) is 29.3 Å². The topological polar surface area (TPSA) is 64.0 Å². The molecule has 0 unspecified atom stereocenters. The van der Waals surface area contributed by atoms with Crippen molar-refractivity contribution < 1.29 is 15.0 Å². The normalized spacial score (nSPS) is 27.1. The van der Waals surface area contributed by atoms with Crippen LogP contribution in [0, 0.1) is 5.92 Å². The summed E-state index contributed by atoms with van der Waals surface area (Å²) in [5, 5.41) is 19.8. The first-order chi connectivity index (χ1) is 11.0. The number of benzene rings is 1. The molecule has 0 spiro atoms. The van der Waals surface area contributed by atoms with Crippen LogP contribution in [0.5, 0.6) is 0 Å². The summed E-state index contributed by atoms with van der Waals surface area (Å²) in [7, 11) is 0. The fourth-order valence-electron chi connectivity index (χ4n) is 3.70. The molecule has 2 N–H and O–H groups in total. The molecule has 2 atom stereocenters. The van der Waals surface area contributed by atoms with E-state index in [2.05, 4.69) is 15.9 Å². The van der Waals surface area contributed by atoms with Gasteiger partial charge in [0.15, 0.2) is 0 Å². The van der Waals surface area contributed by atoms with Crippen LogP contribution in [0.15, 0.2) is 24.3 Å². The van der Waals surface area contributed by atoms with Crippen LogP contribution in [0.4, 0.5) is 5.69 Å². The first-order valence-electron chi connectivity index (χ1n) is 8.20. The second-order valence-electron chi connectivity index (χ2n) is 6.49. The maximum absolute atomic E-state index is 11.3. The molecule has 2 aliphatic heterocycles. The smallest absolute Gasteiger partial charge is 0.310 e. The molecule has 0 saturated carbocycles. The third-order valence-corrected chi connectivity index (χ3v) is 5.31. The summed E-state index contributed by atoms with van der Waals surface area (Å²) < 4.78 is 0. The molecule has 2 aliphatic rings. The molecule has 3 rings (SSSR count). The predicted molar refractivity (Wildman–Crippen MR) is 90.0 cm³/mol. The van der Waals surface area contributed by atoms with Gasteiger partial charge >= 0.3 is 5.97 Å². The number of halogens is 1. The summed E-state index contributed by atoms with van der Waals surface area (Å²) in [6, 6.07) is 8.30. The number of likely N-dealkylation sites (tertiary alicyclic amines) is 1. The van der Waals surface area contributed by atoms with E-state index in [4.69, 9.17) is 11.6 Å². The molecule has 5 nitrogen and oxygen atoms in total. The van der Waals surface area contributed by atoms with Crippen molar-refractivity contribution >= 4 is 23.3 Å². The average molecular weight is 339 g/mol. The highest BCUT2D eigenvalue weighted by Crippen LogP contribution is 2.27. The van der Waals surface area contributed by atoms with Crippen LogP contribution < -0.4 is 4.90 Å². The molecule has 2 fully saturated rings. The minimum Gasteiger partial charge on any atom is -0.481 e. The number of hydrogen-bond donors (Lipinski definition) is 2. The van der Waals surface area contributed by atoms with Crippen molar-refractivity contribution in [3.8, 4) is 0 Å². The molecule has 0 aliphatic carbocycles. The molecule has 2 saturated heterocycles. The number of rotatable bonds is 3. The number of aliphatic carboxylic acids is 1. The largest absolute Gasteiger partial charge is 0.481 e. The Hall–Kier alpha value is -1.30. The Morgan fingerprint density at radius 3 is 2.57 bits per heavy atom. The van der Waals surface area contributed by atoms with Gasteiger partial charge in [0.1, 0.15) is 0 Å². The van der Waals surface area contributed by atoms with Crippen molar-refractivity contribution in [2.45, 2.75) is 31.4 Å². The summed E-state index contributed by atoms with van der Waals surface area (Å²) in [6.07, 6.45) is 1.85. The van der Waals surface area contributed by atoms with Crippen molar-refractivity contribution in [2.75, 3.05) is 31.1 Å². The van der Waals surface area contributed by atoms with Gasteiger partial charge in [-0.3, -0.25) is 9.69 Å². The van der Waals surface area contributed by atoms with Crippen molar-refractivity contribution in [2.24, 2.45) is 5.92 Å². The standard InChI is InChI=1S/C17H23ClN2O3/c18-12-2-1-3-14(10-12)19-7-4-13(5-8-19)20-9-6-16(21)15(11-20)17(22)23/h1-3,10,13,15-16,21H,4-9,11H2,(H,22,23)/t15-,16-/m0/s1. The fraction of sp³-hybridized carbons (Fsp3) is 0.588. The number of carboxylic acids is 1. The van der Waals surface area contributed by atoms with Gasteiger partial charge in [-0.1, -0.05) is 17.7 Å². The van der Waals surface area contributed by atoms with E-state index in [0.29, 0.717) is 19.0 Å². The monoisotopic (exact) mass is 338 g/mol. The fourth-order valence-corrected chi connectivity index (χ4v) is 3.89. The molecular weight excluding hydrogens is 316 g/mol. The van der Waals surface area contributed by atoms with Gasteiger partial charge in [0.2, 0.25) is 0 Å². The molecule has 1 aromatic rings. The lowest BCUT2D eigenvalue weighted by molar-refractivity contribution is -0.149. The molecule has 0 bridgehead atoms. The number of carbonyl (C=O) groups is 1. The van der Waals surface area contributed by atoms with Crippen LogP contribution >= 0.6 is 11.6 Å². The first-order valence-corrected chi connectivity index (χ1v) is 8.58. The summed E-state index contributed by atoms with van der Waals surface area (Å²) in [5.41, 5.74) is 1.15. The Kier molecular flexibility index (Phi) is 5.09. The zero-order chi connectivity index (χ0) is 16.4. The zero-order valence-electron chi connectivity index (χ0n) is 13.1. The van der Waals surface area contributed by atoms with Gasteiger partial charge in [0.25, 0.3) is 0 Å². The van der Waals surface area contributed by atoms with Gasteiger partial charge in [-0.15, -0.1) is 0 Å². The molecule has 126 valence electrons. The van der Waals surface area contributed by atoms with E-state index in [9.17, 15) is 15.0 Å². The van der Waals surface area contributed by atoms with Crippen molar-refractivity contribution in [3.63, 3.8) is 0 Å². The maximum atomic E-state index is 11.3. The summed E-state index contributed by atoms with van der Waals surface area (Å²) in [6.45, 7) is 3.13. The molecule has 1 aromatic carbocycles. The number of carboxylic acid groups (broad SMARTS) is 1. The Morgan fingerprint density at radius 2 is 1.91 bits per heavy atom.